The molecule has 1 aromatic heterocycles. The fourth-order valence-corrected chi connectivity index (χ4v) is 3.72. The highest BCUT2D eigenvalue weighted by molar-refractivity contribution is 5.92. The number of ether oxygens (including phenoxy) is 1. The van der Waals surface area contributed by atoms with Crippen LogP contribution in [0.2, 0.25) is 0 Å². The van der Waals surface area contributed by atoms with E-state index in [-0.39, 0.29) is 5.56 Å². The molecule has 0 bridgehead atoms. The van der Waals surface area contributed by atoms with E-state index in [1.165, 1.54) is 6.07 Å². The average Bonchev–Trinajstić information content (AvgIpc) is 3.16. The van der Waals surface area contributed by atoms with Crippen LogP contribution in [0.15, 0.2) is 78.9 Å². The van der Waals surface area contributed by atoms with E-state index in [1.807, 2.05) is 65.2 Å². The van der Waals surface area contributed by atoms with Crippen molar-refractivity contribution in [2.75, 3.05) is 13.7 Å². The molecule has 0 radical (unpaired) electrons. The number of benzene rings is 3. The van der Waals surface area contributed by atoms with Gasteiger partial charge in [-0.25, -0.2) is 9.78 Å². The quantitative estimate of drug-likeness (QED) is 0.493. The minimum absolute atomic E-state index is 0.163. The van der Waals surface area contributed by atoms with Gasteiger partial charge in [0.25, 0.3) is 0 Å². The highest BCUT2D eigenvalue weighted by atomic mass is 16.5. The molecule has 0 saturated carbocycles. The van der Waals surface area contributed by atoms with Crippen LogP contribution in [0.4, 0.5) is 0 Å². The normalized spacial score (nSPS) is 11.7. The molecule has 3 aromatic carbocycles. The lowest BCUT2D eigenvalue weighted by atomic mass is 9.85. The molecule has 0 aliphatic carbocycles. The van der Waals surface area contributed by atoms with Crippen LogP contribution >= 0.6 is 0 Å². The second-order valence-corrected chi connectivity index (χ2v) is 7.03. The zero-order valence-electron chi connectivity index (χ0n) is 16.5. The number of carboxylic acid groups (broad SMARTS) is 1. The maximum Gasteiger partial charge on any atom is 0.335 e. The van der Waals surface area contributed by atoms with Crippen molar-refractivity contribution in [2.24, 2.45) is 0 Å². The first kappa shape index (κ1) is 19.8. The SMILES string of the molecule is COCCn1c(C(O)(c2ccccc2)c2ccccc2)nc2ccc(C(=O)O)cc21. The van der Waals surface area contributed by atoms with Crippen LogP contribution in [0.3, 0.4) is 0 Å². The standard InChI is InChI=1S/C24H22N2O4/c1-30-15-14-26-21-16-17(22(27)28)12-13-20(21)25-23(26)24(29,18-8-4-2-5-9-18)19-10-6-3-7-11-19/h2-13,16,29H,14-15H2,1H3,(H,27,28). The number of hydrogen-bond donors (Lipinski definition) is 2. The number of aliphatic hydroxyl groups is 1. The third-order valence-corrected chi connectivity index (χ3v) is 5.22. The monoisotopic (exact) mass is 402 g/mol. The zero-order valence-corrected chi connectivity index (χ0v) is 16.5. The summed E-state index contributed by atoms with van der Waals surface area (Å²) in [6, 6.07) is 23.5. The van der Waals surface area contributed by atoms with Gasteiger partial charge in [0, 0.05) is 13.7 Å². The Kier molecular flexibility index (Phi) is 5.35. The first-order valence-corrected chi connectivity index (χ1v) is 9.62. The van der Waals surface area contributed by atoms with Crippen molar-refractivity contribution in [3.05, 3.63) is 101 Å². The van der Waals surface area contributed by atoms with E-state index < -0.39 is 11.6 Å². The van der Waals surface area contributed by atoms with Crippen molar-refractivity contribution < 1.29 is 19.7 Å². The lowest BCUT2D eigenvalue weighted by molar-refractivity contribution is 0.0697. The van der Waals surface area contributed by atoms with Crippen molar-refractivity contribution >= 4 is 17.0 Å². The van der Waals surface area contributed by atoms with Gasteiger partial charge in [0.05, 0.1) is 23.2 Å². The van der Waals surface area contributed by atoms with Crippen molar-refractivity contribution in [1.82, 2.24) is 9.55 Å². The molecule has 0 unspecified atom stereocenters. The lowest BCUT2D eigenvalue weighted by Gasteiger charge is -2.29. The first-order chi connectivity index (χ1) is 14.6. The molecule has 4 rings (SSSR count). The van der Waals surface area contributed by atoms with Gasteiger partial charge in [-0.2, -0.15) is 0 Å². The van der Waals surface area contributed by atoms with Gasteiger partial charge in [-0.1, -0.05) is 60.7 Å². The van der Waals surface area contributed by atoms with E-state index in [1.54, 1.807) is 19.2 Å². The molecular formula is C24H22N2O4. The summed E-state index contributed by atoms with van der Waals surface area (Å²) in [4.78, 5) is 16.3. The van der Waals surface area contributed by atoms with E-state index >= 15 is 0 Å². The number of fused-ring (bicyclic) bond motifs is 1. The molecule has 0 saturated heterocycles. The maximum atomic E-state index is 12.1. The number of aromatic carboxylic acids is 1. The Hall–Kier alpha value is -3.48. The lowest BCUT2D eigenvalue weighted by Crippen LogP contribution is -2.33. The number of aromatic nitrogens is 2. The van der Waals surface area contributed by atoms with E-state index in [9.17, 15) is 15.0 Å². The summed E-state index contributed by atoms with van der Waals surface area (Å²) in [7, 11) is 1.60. The molecule has 0 fully saturated rings. The molecule has 0 atom stereocenters. The van der Waals surface area contributed by atoms with E-state index in [0.717, 1.165) is 0 Å². The van der Waals surface area contributed by atoms with Gasteiger partial charge in [-0.05, 0) is 29.3 Å². The predicted octanol–water partition coefficient (Wildman–Crippen LogP) is 3.67. The summed E-state index contributed by atoms with van der Waals surface area (Å²) >= 11 is 0. The molecule has 6 nitrogen and oxygen atoms in total. The molecule has 30 heavy (non-hydrogen) atoms. The molecule has 0 aliphatic heterocycles. The van der Waals surface area contributed by atoms with Crippen LogP contribution in [0.25, 0.3) is 11.0 Å². The third kappa shape index (κ3) is 3.36. The number of carboxylic acids is 1. The molecule has 2 N–H and O–H groups in total. The van der Waals surface area contributed by atoms with E-state index in [0.29, 0.717) is 41.1 Å². The summed E-state index contributed by atoms with van der Waals surface area (Å²) in [6.45, 7) is 0.794. The van der Waals surface area contributed by atoms with Crippen LogP contribution in [-0.4, -0.2) is 39.5 Å². The fourth-order valence-electron chi connectivity index (χ4n) is 3.72. The van der Waals surface area contributed by atoms with Gasteiger partial charge in [0.2, 0.25) is 0 Å². The fraction of sp³-hybridized carbons (Fsp3) is 0.167. The van der Waals surface area contributed by atoms with Crippen LogP contribution < -0.4 is 0 Å². The Morgan fingerprint density at radius 1 is 1.00 bits per heavy atom. The Morgan fingerprint density at radius 2 is 1.60 bits per heavy atom. The van der Waals surface area contributed by atoms with Crippen molar-refractivity contribution in [3.8, 4) is 0 Å². The van der Waals surface area contributed by atoms with Crippen LogP contribution in [0, 0.1) is 0 Å². The average molecular weight is 402 g/mol. The molecule has 152 valence electrons. The molecule has 0 aliphatic rings. The summed E-state index contributed by atoms with van der Waals surface area (Å²) < 4.78 is 7.11. The molecule has 4 aromatic rings. The van der Waals surface area contributed by atoms with Crippen LogP contribution in [-0.2, 0) is 16.9 Å². The Bertz CT molecular complexity index is 1130. The minimum Gasteiger partial charge on any atom is -0.478 e. The van der Waals surface area contributed by atoms with Gasteiger partial charge in [-0.3, -0.25) is 0 Å². The molecule has 0 spiro atoms. The van der Waals surface area contributed by atoms with Gasteiger partial charge >= 0.3 is 5.97 Å². The first-order valence-electron chi connectivity index (χ1n) is 9.62. The summed E-state index contributed by atoms with van der Waals surface area (Å²) in [5.41, 5.74) is 1.21. The number of hydrogen-bond acceptors (Lipinski definition) is 4. The number of carbonyl (C=O) groups is 1. The van der Waals surface area contributed by atoms with Crippen LogP contribution in [0.5, 0.6) is 0 Å². The minimum atomic E-state index is -1.53. The zero-order chi connectivity index (χ0) is 21.1. The Morgan fingerprint density at radius 3 is 2.13 bits per heavy atom. The van der Waals surface area contributed by atoms with Crippen LogP contribution in [0.1, 0.15) is 27.3 Å². The maximum absolute atomic E-state index is 12.1. The smallest absolute Gasteiger partial charge is 0.335 e. The summed E-state index contributed by atoms with van der Waals surface area (Å²) in [5, 5.41) is 21.6. The van der Waals surface area contributed by atoms with Gasteiger partial charge in [0.15, 0.2) is 11.4 Å². The van der Waals surface area contributed by atoms with Gasteiger partial charge < -0.3 is 19.5 Å². The largest absolute Gasteiger partial charge is 0.478 e. The number of nitrogens with zero attached hydrogens (tertiary/aromatic N) is 2. The predicted molar refractivity (Wildman–Crippen MR) is 114 cm³/mol. The topological polar surface area (TPSA) is 84.6 Å². The molecule has 0 amide bonds. The van der Waals surface area contributed by atoms with E-state index in [4.69, 9.17) is 9.72 Å². The molecular weight excluding hydrogens is 380 g/mol. The number of rotatable bonds is 7. The van der Waals surface area contributed by atoms with Crippen molar-refractivity contribution in [1.29, 1.82) is 0 Å². The van der Waals surface area contributed by atoms with Gasteiger partial charge in [-0.15, -0.1) is 0 Å². The van der Waals surface area contributed by atoms with Crippen molar-refractivity contribution in [3.63, 3.8) is 0 Å². The Balaban J connectivity index is 2.03. The van der Waals surface area contributed by atoms with Gasteiger partial charge in [0.1, 0.15) is 0 Å². The van der Waals surface area contributed by atoms with Crippen molar-refractivity contribution in [2.45, 2.75) is 12.1 Å². The van der Waals surface area contributed by atoms with E-state index in [2.05, 4.69) is 0 Å². The second-order valence-electron chi connectivity index (χ2n) is 7.03. The number of imidazole rings is 1. The highest BCUT2D eigenvalue weighted by Crippen LogP contribution is 2.37. The second kappa shape index (κ2) is 8.10. The number of methoxy groups -OCH3 is 1. The molecule has 1 heterocycles. The molecule has 6 heteroatoms. The third-order valence-electron chi connectivity index (χ3n) is 5.22. The summed E-state index contributed by atoms with van der Waals surface area (Å²) in [5.74, 6) is -0.603. The summed E-state index contributed by atoms with van der Waals surface area (Å²) in [6.07, 6.45) is 0. The Labute approximate surface area is 174 Å². The highest BCUT2D eigenvalue weighted by Gasteiger charge is 2.39.